The van der Waals surface area contributed by atoms with Crippen molar-refractivity contribution in [2.24, 2.45) is 0 Å². The van der Waals surface area contributed by atoms with Gasteiger partial charge in [-0.2, -0.15) is 0 Å². The molecule has 1 aromatic heterocycles. The summed E-state index contributed by atoms with van der Waals surface area (Å²) in [6.45, 7) is 10.4. The summed E-state index contributed by atoms with van der Waals surface area (Å²) in [5.41, 5.74) is 1.49. The number of nitrogens with zero attached hydrogens (tertiary/aromatic N) is 3. The minimum absolute atomic E-state index is 0.447. The minimum Gasteiger partial charge on any atom is -0.493 e. The second kappa shape index (κ2) is 10.9. The number of hydrogen-bond acceptors (Lipinski definition) is 7. The van der Waals surface area contributed by atoms with Crippen LogP contribution >= 0.6 is 11.6 Å². The van der Waals surface area contributed by atoms with Gasteiger partial charge < -0.3 is 19.5 Å². The van der Waals surface area contributed by atoms with Gasteiger partial charge in [0.1, 0.15) is 11.3 Å². The molecule has 3 aromatic rings. The van der Waals surface area contributed by atoms with Crippen LogP contribution in [0.15, 0.2) is 30.3 Å². The van der Waals surface area contributed by atoms with Crippen molar-refractivity contribution >= 4 is 28.3 Å². The molecule has 0 radical (unpaired) electrons. The van der Waals surface area contributed by atoms with Gasteiger partial charge in [0.2, 0.25) is 5.75 Å². The fourth-order valence-electron chi connectivity index (χ4n) is 4.01. The van der Waals surface area contributed by atoms with Gasteiger partial charge in [-0.25, -0.2) is 9.97 Å². The standard InChI is InChI=1S/C25H33ClN4O3/c1-15(2)30(16(3)4)13-12-27-25-19-14-20(31-5)22(32-6)23(33-7)21(19)28-24(29-25)17-8-10-18(26)11-9-17/h8-11,14-16H,12-13H2,1-7H3,(H,27,28,29). The van der Waals surface area contributed by atoms with Crippen molar-refractivity contribution in [3.63, 3.8) is 0 Å². The van der Waals surface area contributed by atoms with Crippen LogP contribution in [0.3, 0.4) is 0 Å². The van der Waals surface area contributed by atoms with Gasteiger partial charge in [0.25, 0.3) is 0 Å². The zero-order valence-corrected chi connectivity index (χ0v) is 21.2. The highest BCUT2D eigenvalue weighted by molar-refractivity contribution is 6.30. The number of halogens is 1. The molecular formula is C25H33ClN4O3. The van der Waals surface area contributed by atoms with Gasteiger partial charge in [-0.1, -0.05) is 11.6 Å². The quantitative estimate of drug-likeness (QED) is 0.417. The minimum atomic E-state index is 0.447. The number of hydrogen-bond donors (Lipinski definition) is 1. The molecule has 0 aliphatic carbocycles. The normalized spacial score (nSPS) is 11.5. The van der Waals surface area contributed by atoms with Crippen LogP contribution in [0.2, 0.25) is 5.02 Å². The van der Waals surface area contributed by atoms with Crippen LogP contribution in [0.1, 0.15) is 27.7 Å². The van der Waals surface area contributed by atoms with E-state index in [1.54, 1.807) is 21.3 Å². The topological polar surface area (TPSA) is 68.7 Å². The summed E-state index contributed by atoms with van der Waals surface area (Å²) in [6.07, 6.45) is 0. The van der Waals surface area contributed by atoms with Crippen LogP contribution in [0.25, 0.3) is 22.3 Å². The van der Waals surface area contributed by atoms with Crippen molar-refractivity contribution in [3.8, 4) is 28.6 Å². The second-order valence-electron chi connectivity index (χ2n) is 8.30. The zero-order valence-electron chi connectivity index (χ0n) is 20.4. The number of methoxy groups -OCH3 is 3. The highest BCUT2D eigenvalue weighted by Crippen LogP contribution is 2.44. The number of rotatable bonds is 10. The smallest absolute Gasteiger partial charge is 0.205 e. The average Bonchev–Trinajstić information content (AvgIpc) is 2.80. The van der Waals surface area contributed by atoms with Gasteiger partial charge in [0.05, 0.1) is 26.7 Å². The molecule has 0 amide bonds. The van der Waals surface area contributed by atoms with E-state index in [0.29, 0.717) is 51.5 Å². The van der Waals surface area contributed by atoms with Crippen LogP contribution in [0, 0.1) is 0 Å². The molecule has 33 heavy (non-hydrogen) atoms. The number of benzene rings is 2. The Morgan fingerprint density at radius 3 is 2.09 bits per heavy atom. The molecule has 1 heterocycles. The van der Waals surface area contributed by atoms with Gasteiger partial charge in [-0.15, -0.1) is 0 Å². The molecule has 0 unspecified atom stereocenters. The summed E-state index contributed by atoms with van der Waals surface area (Å²) in [4.78, 5) is 12.1. The summed E-state index contributed by atoms with van der Waals surface area (Å²) in [6, 6.07) is 10.2. The molecule has 0 spiro atoms. The largest absolute Gasteiger partial charge is 0.493 e. The number of fused-ring (bicyclic) bond motifs is 1. The highest BCUT2D eigenvalue weighted by Gasteiger charge is 2.21. The molecular weight excluding hydrogens is 440 g/mol. The molecule has 0 atom stereocenters. The molecule has 7 nitrogen and oxygen atoms in total. The fraction of sp³-hybridized carbons (Fsp3) is 0.440. The third kappa shape index (κ3) is 5.42. The maximum atomic E-state index is 6.09. The van der Waals surface area contributed by atoms with Gasteiger partial charge in [0, 0.05) is 35.8 Å². The molecule has 0 saturated heterocycles. The number of aromatic nitrogens is 2. The number of ether oxygens (including phenoxy) is 3. The van der Waals surface area contributed by atoms with E-state index in [2.05, 4.69) is 37.9 Å². The lowest BCUT2D eigenvalue weighted by Crippen LogP contribution is -2.40. The fourth-order valence-corrected chi connectivity index (χ4v) is 4.13. The Bertz CT molecular complexity index is 1080. The number of nitrogens with one attached hydrogen (secondary N) is 1. The zero-order chi connectivity index (χ0) is 24.1. The summed E-state index contributed by atoms with van der Waals surface area (Å²) in [7, 11) is 4.78. The summed E-state index contributed by atoms with van der Waals surface area (Å²) >= 11 is 6.09. The van der Waals surface area contributed by atoms with Crippen LogP contribution in [-0.2, 0) is 0 Å². The SMILES string of the molecule is COc1cc2c(NCCN(C(C)C)C(C)C)nc(-c3ccc(Cl)cc3)nc2c(OC)c1OC. The van der Waals surface area contributed by atoms with Crippen LogP contribution < -0.4 is 19.5 Å². The van der Waals surface area contributed by atoms with E-state index in [-0.39, 0.29) is 0 Å². The van der Waals surface area contributed by atoms with Gasteiger partial charge >= 0.3 is 0 Å². The Morgan fingerprint density at radius 2 is 1.55 bits per heavy atom. The summed E-state index contributed by atoms with van der Waals surface area (Å²) in [5.74, 6) is 2.82. The average molecular weight is 473 g/mol. The molecule has 0 aliphatic rings. The molecule has 1 N–H and O–H groups in total. The van der Waals surface area contributed by atoms with E-state index < -0.39 is 0 Å². The maximum absolute atomic E-state index is 6.09. The predicted octanol–water partition coefficient (Wildman–Crippen LogP) is 5.51. The third-order valence-electron chi connectivity index (χ3n) is 5.59. The van der Waals surface area contributed by atoms with Crippen LogP contribution in [0.5, 0.6) is 17.2 Å². The van der Waals surface area contributed by atoms with Gasteiger partial charge in [-0.3, -0.25) is 4.90 Å². The molecule has 3 rings (SSSR count). The molecule has 8 heteroatoms. The van der Waals surface area contributed by atoms with E-state index in [1.807, 2.05) is 30.3 Å². The Morgan fingerprint density at radius 1 is 0.909 bits per heavy atom. The lowest BCUT2D eigenvalue weighted by Gasteiger charge is -2.30. The Kier molecular flexibility index (Phi) is 8.21. The Balaban J connectivity index is 2.13. The van der Waals surface area contributed by atoms with Crippen molar-refractivity contribution in [1.82, 2.24) is 14.9 Å². The van der Waals surface area contributed by atoms with Crippen molar-refractivity contribution in [2.75, 3.05) is 39.7 Å². The van der Waals surface area contributed by atoms with Crippen LogP contribution in [0.4, 0.5) is 5.82 Å². The van der Waals surface area contributed by atoms with Gasteiger partial charge in [-0.05, 0) is 58.0 Å². The van der Waals surface area contributed by atoms with E-state index in [0.717, 1.165) is 24.0 Å². The monoisotopic (exact) mass is 472 g/mol. The first-order chi connectivity index (χ1) is 15.8. The maximum Gasteiger partial charge on any atom is 0.205 e. The second-order valence-corrected chi connectivity index (χ2v) is 8.73. The first kappa shape index (κ1) is 24.9. The van der Waals surface area contributed by atoms with Crippen LogP contribution in [-0.4, -0.2) is 61.4 Å². The molecule has 0 bridgehead atoms. The molecule has 178 valence electrons. The summed E-state index contributed by atoms with van der Waals surface area (Å²) < 4.78 is 16.9. The van der Waals surface area contributed by atoms with Crippen molar-refractivity contribution in [1.29, 1.82) is 0 Å². The summed E-state index contributed by atoms with van der Waals surface area (Å²) in [5, 5.41) is 4.97. The van der Waals surface area contributed by atoms with Crippen molar-refractivity contribution < 1.29 is 14.2 Å². The van der Waals surface area contributed by atoms with Gasteiger partial charge in [0.15, 0.2) is 17.3 Å². The van der Waals surface area contributed by atoms with Crippen molar-refractivity contribution in [3.05, 3.63) is 35.4 Å². The Hall–Kier alpha value is -2.77. The lowest BCUT2D eigenvalue weighted by atomic mass is 10.1. The first-order valence-electron chi connectivity index (χ1n) is 11.1. The third-order valence-corrected chi connectivity index (χ3v) is 5.84. The van der Waals surface area contributed by atoms with E-state index in [4.69, 9.17) is 35.8 Å². The van der Waals surface area contributed by atoms with Crippen molar-refractivity contribution in [2.45, 2.75) is 39.8 Å². The Labute approximate surface area is 201 Å². The number of anilines is 1. The highest BCUT2D eigenvalue weighted by atomic mass is 35.5. The van der Waals surface area contributed by atoms with E-state index in [1.165, 1.54) is 0 Å². The molecule has 0 aliphatic heterocycles. The lowest BCUT2D eigenvalue weighted by molar-refractivity contribution is 0.182. The van der Waals surface area contributed by atoms with E-state index in [9.17, 15) is 0 Å². The molecule has 0 fully saturated rings. The molecule has 2 aromatic carbocycles. The van der Waals surface area contributed by atoms with E-state index >= 15 is 0 Å². The first-order valence-corrected chi connectivity index (χ1v) is 11.4. The molecule has 0 saturated carbocycles. The predicted molar refractivity (Wildman–Crippen MR) is 135 cm³/mol.